The van der Waals surface area contributed by atoms with Gasteiger partial charge in [0.25, 0.3) is 0 Å². The third kappa shape index (κ3) is 7.04. The van der Waals surface area contributed by atoms with Gasteiger partial charge in [0.1, 0.15) is 0 Å². The smallest absolute Gasteiger partial charge is 0.0657 e. The van der Waals surface area contributed by atoms with E-state index in [4.69, 9.17) is 4.99 Å². The van der Waals surface area contributed by atoms with Crippen LogP contribution in [0.1, 0.15) is 88.3 Å². The molecule has 0 aliphatic heterocycles. The lowest BCUT2D eigenvalue weighted by molar-refractivity contribution is 0.506. The molecule has 0 spiro atoms. The lowest BCUT2D eigenvalue weighted by Gasteiger charge is -2.24. The molecule has 46 heavy (non-hydrogen) atoms. The molecule has 0 bridgehead atoms. The molecule has 0 unspecified atom stereocenters. The minimum absolute atomic E-state index is 0.188. The average molecular weight is 610 g/mol. The van der Waals surface area contributed by atoms with Gasteiger partial charge < -0.3 is 9.80 Å². The van der Waals surface area contributed by atoms with E-state index in [1.807, 2.05) is 0 Å². The molecule has 0 saturated heterocycles. The first kappa shape index (κ1) is 33.0. The molecule has 1 aliphatic rings. The second kappa shape index (κ2) is 14.8. The number of rotatable bonds is 12. The minimum Gasteiger partial charge on any atom is -0.372 e. The fourth-order valence-corrected chi connectivity index (χ4v) is 6.41. The molecule has 238 valence electrons. The predicted molar refractivity (Wildman–Crippen MR) is 202 cm³/mol. The van der Waals surface area contributed by atoms with Crippen LogP contribution in [0.3, 0.4) is 0 Å². The maximum absolute atomic E-state index is 5.14. The van der Waals surface area contributed by atoms with Crippen LogP contribution in [0.2, 0.25) is 0 Å². The quantitative estimate of drug-likeness (QED) is 0.159. The van der Waals surface area contributed by atoms with Gasteiger partial charge in [0.05, 0.1) is 12.3 Å². The Morgan fingerprint density at radius 1 is 0.587 bits per heavy atom. The van der Waals surface area contributed by atoms with Crippen molar-refractivity contribution in [1.29, 1.82) is 0 Å². The van der Waals surface area contributed by atoms with Crippen molar-refractivity contribution in [3.63, 3.8) is 0 Å². The van der Waals surface area contributed by atoms with Crippen LogP contribution in [0, 0.1) is 0 Å². The third-order valence-electron chi connectivity index (χ3n) is 9.79. The highest BCUT2D eigenvalue weighted by Gasteiger charge is 2.21. The summed E-state index contributed by atoms with van der Waals surface area (Å²) >= 11 is 0. The molecule has 5 rings (SSSR count). The predicted octanol–water partition coefficient (Wildman–Crippen LogP) is 10.6. The number of hydrogen-bond acceptors (Lipinski definition) is 3. The van der Waals surface area contributed by atoms with E-state index in [9.17, 15) is 0 Å². The van der Waals surface area contributed by atoms with Crippen molar-refractivity contribution >= 4 is 28.2 Å². The molecule has 0 heterocycles. The number of anilines is 2. The minimum atomic E-state index is 0.188. The van der Waals surface area contributed by atoms with E-state index in [1.54, 1.807) is 0 Å². The Balaban J connectivity index is 1.58. The van der Waals surface area contributed by atoms with E-state index >= 15 is 0 Å². The summed E-state index contributed by atoms with van der Waals surface area (Å²) in [4.78, 5) is 9.93. The van der Waals surface area contributed by atoms with Gasteiger partial charge in [-0.3, -0.25) is 4.99 Å². The molecule has 3 heteroatoms. The van der Waals surface area contributed by atoms with Crippen molar-refractivity contribution in [2.75, 3.05) is 36.0 Å². The van der Waals surface area contributed by atoms with Crippen molar-refractivity contribution < 1.29 is 0 Å². The Hall–Kier alpha value is -4.37. The lowest BCUT2D eigenvalue weighted by atomic mass is 9.82. The molecular formula is C43H51N3. The van der Waals surface area contributed by atoms with Crippen molar-refractivity contribution in [3.05, 3.63) is 143 Å². The second-order valence-corrected chi connectivity index (χ2v) is 12.7. The Bertz CT molecular complexity index is 1620. The van der Waals surface area contributed by atoms with Crippen LogP contribution in [-0.4, -0.2) is 31.9 Å². The molecular weight excluding hydrogens is 558 g/mol. The van der Waals surface area contributed by atoms with E-state index < -0.39 is 0 Å². The normalized spacial score (nSPS) is 13.5. The highest BCUT2D eigenvalue weighted by Crippen LogP contribution is 2.38. The van der Waals surface area contributed by atoms with Gasteiger partial charge in [0, 0.05) is 43.1 Å². The van der Waals surface area contributed by atoms with Gasteiger partial charge in [-0.1, -0.05) is 99.6 Å². The van der Waals surface area contributed by atoms with E-state index in [2.05, 4.69) is 167 Å². The maximum Gasteiger partial charge on any atom is 0.0657 e. The summed E-state index contributed by atoms with van der Waals surface area (Å²) in [7, 11) is 0. The van der Waals surface area contributed by atoms with Gasteiger partial charge in [0.2, 0.25) is 0 Å². The fraction of sp³-hybridized carbons (Fsp3) is 0.326. The SMILES string of the molecule is CCN(CC)c1ccc(C(=C2C=CC(=NCc3ccc(C(C)(C)CC)cc3)c3ccccc32)c2ccc(N(CC)CC)cc2)cc1. The molecule has 0 N–H and O–H groups in total. The van der Waals surface area contributed by atoms with Crippen molar-refractivity contribution in [1.82, 2.24) is 0 Å². The van der Waals surface area contributed by atoms with Gasteiger partial charge in [0.15, 0.2) is 0 Å². The first-order chi connectivity index (χ1) is 22.3. The summed E-state index contributed by atoms with van der Waals surface area (Å²) in [5, 5.41) is 0. The Morgan fingerprint density at radius 3 is 1.57 bits per heavy atom. The summed E-state index contributed by atoms with van der Waals surface area (Å²) in [5.41, 5.74) is 13.7. The molecule has 0 radical (unpaired) electrons. The zero-order chi connectivity index (χ0) is 32.7. The molecule has 3 nitrogen and oxygen atoms in total. The Kier molecular flexibility index (Phi) is 10.6. The summed E-state index contributed by atoms with van der Waals surface area (Å²) in [6.07, 6.45) is 5.61. The Morgan fingerprint density at radius 2 is 1.09 bits per heavy atom. The van der Waals surface area contributed by atoms with E-state index in [1.165, 1.54) is 55.9 Å². The molecule has 0 aromatic heterocycles. The van der Waals surface area contributed by atoms with Crippen molar-refractivity contribution in [3.8, 4) is 0 Å². The lowest BCUT2D eigenvalue weighted by Crippen LogP contribution is -2.21. The summed E-state index contributed by atoms with van der Waals surface area (Å²) in [6.45, 7) is 20.4. The molecule has 0 atom stereocenters. The highest BCUT2D eigenvalue weighted by atomic mass is 15.1. The number of nitrogens with zero attached hydrogens (tertiary/aromatic N) is 3. The maximum atomic E-state index is 5.14. The number of aliphatic imine (C=N–C) groups is 1. The number of allylic oxidation sites excluding steroid dienone is 3. The van der Waals surface area contributed by atoms with Gasteiger partial charge in [-0.15, -0.1) is 0 Å². The summed E-state index contributed by atoms with van der Waals surface area (Å²) in [6, 6.07) is 36.0. The zero-order valence-electron chi connectivity index (χ0n) is 29.0. The second-order valence-electron chi connectivity index (χ2n) is 12.7. The average Bonchev–Trinajstić information content (AvgIpc) is 3.10. The fourth-order valence-electron chi connectivity index (χ4n) is 6.41. The number of hydrogen-bond donors (Lipinski definition) is 0. The topological polar surface area (TPSA) is 18.8 Å². The molecule has 0 saturated carbocycles. The highest BCUT2D eigenvalue weighted by molar-refractivity contribution is 6.19. The standard InChI is InChI=1S/C43H51N3/c1-8-43(6,7)35-23-17-32(18-24-35)31-44-41-30-29-40(38-15-13-14-16-39(38)41)42(33-19-25-36(26-20-33)45(9-2)10-3)34-21-27-37(28-22-34)46(11-4)12-5/h13-30H,8-12,31H2,1-7H3. The zero-order valence-corrected chi connectivity index (χ0v) is 29.0. The summed E-state index contributed by atoms with van der Waals surface area (Å²) < 4.78 is 0. The molecule has 1 aliphatic carbocycles. The van der Waals surface area contributed by atoms with Crippen molar-refractivity contribution in [2.45, 2.75) is 66.8 Å². The van der Waals surface area contributed by atoms with Crippen LogP contribution < -0.4 is 9.80 Å². The van der Waals surface area contributed by atoms with E-state index in [0.717, 1.165) is 38.3 Å². The van der Waals surface area contributed by atoms with Gasteiger partial charge in [-0.2, -0.15) is 0 Å². The third-order valence-corrected chi connectivity index (χ3v) is 9.79. The monoisotopic (exact) mass is 609 g/mol. The molecule has 0 amide bonds. The van der Waals surface area contributed by atoms with Gasteiger partial charge in [-0.05, 0) is 109 Å². The van der Waals surface area contributed by atoms with Gasteiger partial charge in [-0.25, -0.2) is 0 Å². The Labute approximate surface area is 278 Å². The van der Waals surface area contributed by atoms with Crippen LogP contribution in [-0.2, 0) is 12.0 Å². The molecule has 4 aromatic rings. The van der Waals surface area contributed by atoms with E-state index in [0.29, 0.717) is 6.54 Å². The van der Waals surface area contributed by atoms with Crippen LogP contribution in [0.15, 0.2) is 114 Å². The van der Waals surface area contributed by atoms with Crippen LogP contribution >= 0.6 is 0 Å². The number of fused-ring (bicyclic) bond motifs is 1. The van der Waals surface area contributed by atoms with Crippen LogP contribution in [0.25, 0.3) is 11.1 Å². The van der Waals surface area contributed by atoms with E-state index in [-0.39, 0.29) is 5.41 Å². The van der Waals surface area contributed by atoms with Crippen LogP contribution in [0.5, 0.6) is 0 Å². The first-order valence-electron chi connectivity index (χ1n) is 17.2. The van der Waals surface area contributed by atoms with Crippen LogP contribution in [0.4, 0.5) is 11.4 Å². The first-order valence-corrected chi connectivity index (χ1v) is 17.2. The number of benzene rings is 4. The van der Waals surface area contributed by atoms with Gasteiger partial charge >= 0.3 is 0 Å². The largest absolute Gasteiger partial charge is 0.372 e. The molecule has 0 fully saturated rings. The summed E-state index contributed by atoms with van der Waals surface area (Å²) in [5.74, 6) is 0. The molecule has 4 aromatic carbocycles. The van der Waals surface area contributed by atoms with Crippen molar-refractivity contribution in [2.24, 2.45) is 4.99 Å².